The predicted octanol–water partition coefficient (Wildman–Crippen LogP) is 1.28. The van der Waals surface area contributed by atoms with E-state index in [1.807, 2.05) is 0 Å². The summed E-state index contributed by atoms with van der Waals surface area (Å²) >= 11 is 0. The fraction of sp³-hybridized carbons (Fsp3) is 0.450. The Morgan fingerprint density at radius 2 is 2.11 bits per heavy atom. The lowest BCUT2D eigenvalue weighted by atomic mass is 9.91. The molecular formula is C20H23N5O3. The molecule has 0 spiro atoms. The highest BCUT2D eigenvalue weighted by molar-refractivity contribution is 6.04. The number of amides is 5. The van der Waals surface area contributed by atoms with Gasteiger partial charge in [-0.15, -0.1) is 0 Å². The highest BCUT2D eigenvalue weighted by Gasteiger charge is 2.43. The highest BCUT2D eigenvalue weighted by Crippen LogP contribution is 2.30. The summed E-state index contributed by atoms with van der Waals surface area (Å²) in [5.41, 5.74) is 4.93. The molecule has 2 aromatic rings. The molecule has 2 unspecified atom stereocenters. The van der Waals surface area contributed by atoms with Crippen LogP contribution in [0.2, 0.25) is 0 Å². The molecule has 28 heavy (non-hydrogen) atoms. The molecule has 0 bridgehead atoms. The molecule has 8 nitrogen and oxygen atoms in total. The van der Waals surface area contributed by atoms with Crippen LogP contribution in [0.5, 0.6) is 0 Å². The molecule has 3 N–H and O–H groups in total. The molecule has 3 aliphatic rings. The van der Waals surface area contributed by atoms with Gasteiger partial charge in [0.1, 0.15) is 6.04 Å². The number of imide groups is 1. The molecule has 5 amide bonds. The molecule has 2 fully saturated rings. The van der Waals surface area contributed by atoms with Crippen LogP contribution in [0.4, 0.5) is 9.59 Å². The lowest BCUT2D eigenvalue weighted by molar-refractivity contribution is -0.122. The van der Waals surface area contributed by atoms with Gasteiger partial charge in [-0.1, -0.05) is 11.6 Å². The Morgan fingerprint density at radius 1 is 1.25 bits per heavy atom. The van der Waals surface area contributed by atoms with Crippen molar-refractivity contribution >= 4 is 28.9 Å². The molecule has 0 saturated carbocycles. The molecule has 3 heterocycles. The van der Waals surface area contributed by atoms with Crippen molar-refractivity contribution in [3.05, 3.63) is 35.0 Å². The third kappa shape index (κ3) is 2.71. The predicted molar refractivity (Wildman–Crippen MR) is 103 cm³/mol. The number of H-pyrrole nitrogens is 1. The second-order valence-corrected chi connectivity index (χ2v) is 7.97. The van der Waals surface area contributed by atoms with E-state index in [2.05, 4.69) is 40.7 Å². The van der Waals surface area contributed by atoms with Crippen LogP contribution in [0, 0.1) is 6.92 Å². The summed E-state index contributed by atoms with van der Waals surface area (Å²) in [5.74, 6) is -0.320. The maximum atomic E-state index is 12.8. The topological polar surface area (TPSA) is 97.5 Å². The first-order valence-electron chi connectivity index (χ1n) is 9.76. The van der Waals surface area contributed by atoms with Gasteiger partial charge in [0.05, 0.1) is 6.54 Å². The number of urea groups is 2. The number of carbonyl (C=O) groups is 3. The first kappa shape index (κ1) is 17.1. The number of nitrogens with zero attached hydrogens (tertiary/aromatic N) is 2. The van der Waals surface area contributed by atoms with E-state index in [0.29, 0.717) is 13.1 Å². The number of piperazine rings is 1. The van der Waals surface area contributed by atoms with Crippen LogP contribution in [-0.2, 0) is 17.6 Å². The van der Waals surface area contributed by atoms with Crippen LogP contribution in [0.1, 0.15) is 23.2 Å². The van der Waals surface area contributed by atoms with Gasteiger partial charge in [-0.3, -0.25) is 10.1 Å². The number of rotatable bonds is 1. The summed E-state index contributed by atoms with van der Waals surface area (Å²) in [6, 6.07) is 5.40. The van der Waals surface area contributed by atoms with Gasteiger partial charge in [0.25, 0.3) is 5.91 Å². The van der Waals surface area contributed by atoms with E-state index in [0.717, 1.165) is 24.8 Å². The van der Waals surface area contributed by atoms with Gasteiger partial charge in [-0.05, 0) is 43.9 Å². The van der Waals surface area contributed by atoms with E-state index in [1.165, 1.54) is 27.1 Å². The summed E-state index contributed by atoms with van der Waals surface area (Å²) in [6.07, 6.45) is 2.58. The number of hydrogen-bond acceptors (Lipinski definition) is 3. The van der Waals surface area contributed by atoms with E-state index >= 15 is 0 Å². The van der Waals surface area contributed by atoms with E-state index < -0.39 is 6.04 Å². The molecule has 2 saturated heterocycles. The monoisotopic (exact) mass is 381 g/mol. The van der Waals surface area contributed by atoms with Crippen LogP contribution in [-0.4, -0.2) is 64.5 Å². The van der Waals surface area contributed by atoms with E-state index in [-0.39, 0.29) is 30.6 Å². The minimum Gasteiger partial charge on any atom is -0.358 e. The minimum atomic E-state index is -0.568. The maximum Gasteiger partial charge on any atom is 0.324 e. The molecule has 0 radical (unpaired) electrons. The molecule has 1 aromatic carbocycles. The molecule has 146 valence electrons. The Morgan fingerprint density at radius 3 is 2.96 bits per heavy atom. The van der Waals surface area contributed by atoms with Crippen molar-refractivity contribution in [2.45, 2.75) is 38.3 Å². The van der Waals surface area contributed by atoms with Gasteiger partial charge < -0.3 is 20.1 Å². The van der Waals surface area contributed by atoms with Crippen LogP contribution >= 0.6 is 0 Å². The smallest absolute Gasteiger partial charge is 0.324 e. The fourth-order valence-corrected chi connectivity index (χ4v) is 4.62. The van der Waals surface area contributed by atoms with Crippen molar-refractivity contribution in [2.75, 3.05) is 19.6 Å². The quantitative estimate of drug-likeness (QED) is 0.649. The number of benzene rings is 1. The van der Waals surface area contributed by atoms with Crippen molar-refractivity contribution in [1.82, 2.24) is 25.4 Å². The van der Waals surface area contributed by atoms with E-state index in [1.54, 1.807) is 4.90 Å². The molecule has 1 aromatic heterocycles. The van der Waals surface area contributed by atoms with Gasteiger partial charge >= 0.3 is 12.1 Å². The lowest BCUT2D eigenvalue weighted by Gasteiger charge is -2.36. The second kappa shape index (κ2) is 6.25. The molecule has 5 rings (SSSR count). The van der Waals surface area contributed by atoms with Crippen LogP contribution < -0.4 is 10.6 Å². The third-order valence-electron chi connectivity index (χ3n) is 6.13. The molecule has 2 aliphatic heterocycles. The Kier molecular flexibility index (Phi) is 3.82. The summed E-state index contributed by atoms with van der Waals surface area (Å²) in [7, 11) is 0. The number of fused-ring (bicyclic) bond motifs is 4. The summed E-state index contributed by atoms with van der Waals surface area (Å²) in [6.45, 7) is 3.15. The maximum absolute atomic E-state index is 12.8. The zero-order valence-corrected chi connectivity index (χ0v) is 15.7. The third-order valence-corrected chi connectivity index (χ3v) is 6.13. The summed E-state index contributed by atoms with van der Waals surface area (Å²) in [5, 5.41) is 6.70. The Balaban J connectivity index is 1.28. The van der Waals surface area contributed by atoms with Crippen molar-refractivity contribution < 1.29 is 14.4 Å². The number of carbonyl (C=O) groups excluding carboxylic acids is 3. The standard InChI is InChI=1S/C20H23N5O3/c1-11-2-4-15-13(8-11)14-9-12(3-5-16(14)22-15)21-19(27)24-6-7-25-17(10-24)18(26)23-20(25)28/h2,4,8,12,17,22H,3,5-7,9-10H2,1H3,(H,21,27)(H,23,26,28). The number of nitrogens with one attached hydrogen (secondary N) is 3. The van der Waals surface area contributed by atoms with Gasteiger partial charge in [0.15, 0.2) is 0 Å². The second-order valence-electron chi connectivity index (χ2n) is 7.97. The van der Waals surface area contributed by atoms with Crippen LogP contribution in [0.25, 0.3) is 10.9 Å². The molecule has 2 atom stereocenters. The first-order chi connectivity index (χ1) is 13.5. The number of aromatic nitrogens is 1. The number of aromatic amines is 1. The average molecular weight is 381 g/mol. The molecular weight excluding hydrogens is 358 g/mol. The van der Waals surface area contributed by atoms with Gasteiger partial charge in [0, 0.05) is 35.7 Å². The lowest BCUT2D eigenvalue weighted by Crippen LogP contribution is -2.58. The Hall–Kier alpha value is -3.03. The fourth-order valence-electron chi connectivity index (χ4n) is 4.62. The zero-order valence-electron chi connectivity index (χ0n) is 15.7. The average Bonchev–Trinajstić information content (AvgIpc) is 3.18. The van der Waals surface area contributed by atoms with Crippen molar-refractivity contribution in [3.63, 3.8) is 0 Å². The SMILES string of the molecule is Cc1ccc2[nH]c3c(c2c1)CC(NC(=O)N1CCN2C(=O)NC(=O)C2C1)CC3. The van der Waals surface area contributed by atoms with Crippen LogP contribution in [0.3, 0.4) is 0 Å². The van der Waals surface area contributed by atoms with Gasteiger partial charge in [0.2, 0.25) is 0 Å². The van der Waals surface area contributed by atoms with Gasteiger partial charge in [-0.2, -0.15) is 0 Å². The van der Waals surface area contributed by atoms with Crippen molar-refractivity contribution in [1.29, 1.82) is 0 Å². The minimum absolute atomic E-state index is 0.0663. The van der Waals surface area contributed by atoms with E-state index in [4.69, 9.17) is 0 Å². The normalized spacial score (nSPS) is 24.2. The van der Waals surface area contributed by atoms with Crippen LogP contribution in [0.15, 0.2) is 18.2 Å². The highest BCUT2D eigenvalue weighted by atomic mass is 16.2. The largest absolute Gasteiger partial charge is 0.358 e. The van der Waals surface area contributed by atoms with Crippen molar-refractivity contribution in [2.24, 2.45) is 0 Å². The summed E-state index contributed by atoms with van der Waals surface area (Å²) < 4.78 is 0. The molecule has 8 heteroatoms. The Bertz CT molecular complexity index is 997. The van der Waals surface area contributed by atoms with E-state index in [9.17, 15) is 14.4 Å². The van der Waals surface area contributed by atoms with Crippen molar-refractivity contribution in [3.8, 4) is 0 Å². The number of hydrogen-bond donors (Lipinski definition) is 3. The zero-order chi connectivity index (χ0) is 19.4. The Labute approximate surface area is 162 Å². The first-order valence-corrected chi connectivity index (χ1v) is 9.76. The summed E-state index contributed by atoms with van der Waals surface area (Å²) in [4.78, 5) is 43.1. The van der Waals surface area contributed by atoms with Gasteiger partial charge in [-0.25, -0.2) is 9.59 Å². The number of aryl methyl sites for hydroxylation is 2. The molecule has 1 aliphatic carbocycles.